The second kappa shape index (κ2) is 9.11. The molecule has 2 amide bonds. The summed E-state index contributed by atoms with van der Waals surface area (Å²) in [5.74, 6) is 1.53. The molecular weight excluding hydrogens is 370 g/mol. The van der Waals surface area contributed by atoms with Gasteiger partial charge in [-0.05, 0) is 51.0 Å². The maximum Gasteiger partial charge on any atom is 0.251 e. The first-order chi connectivity index (χ1) is 13.8. The molecule has 1 saturated heterocycles. The van der Waals surface area contributed by atoms with Crippen LogP contribution >= 0.6 is 0 Å². The highest BCUT2D eigenvalue weighted by atomic mass is 16.5. The highest BCUT2D eigenvalue weighted by Crippen LogP contribution is 2.19. The zero-order chi connectivity index (χ0) is 21.0. The van der Waals surface area contributed by atoms with Gasteiger partial charge in [0.2, 0.25) is 5.91 Å². The Balaban J connectivity index is 1.49. The van der Waals surface area contributed by atoms with Crippen LogP contribution in [0, 0.1) is 19.8 Å². The summed E-state index contributed by atoms with van der Waals surface area (Å²) >= 11 is 0. The van der Waals surface area contributed by atoms with Crippen molar-refractivity contribution in [2.24, 2.45) is 5.92 Å². The molecule has 0 aliphatic carbocycles. The van der Waals surface area contributed by atoms with Crippen LogP contribution in [0.5, 0.6) is 5.75 Å². The van der Waals surface area contributed by atoms with E-state index >= 15 is 0 Å². The molecule has 2 heterocycles. The van der Waals surface area contributed by atoms with E-state index in [0.29, 0.717) is 31.0 Å². The van der Waals surface area contributed by atoms with Gasteiger partial charge in [-0.2, -0.15) is 0 Å². The number of hydrogen-bond acceptors (Lipinski definition) is 5. The third kappa shape index (κ3) is 5.16. The lowest BCUT2D eigenvalue weighted by Crippen LogP contribution is -2.47. The number of carbonyl (C=O) groups is 2. The van der Waals surface area contributed by atoms with E-state index in [1.165, 1.54) is 0 Å². The number of nitrogens with one attached hydrogen (secondary N) is 1. The lowest BCUT2D eigenvalue weighted by molar-refractivity contribution is -0.135. The average Bonchev–Trinajstić information content (AvgIpc) is 3.04. The first-order valence-corrected chi connectivity index (χ1v) is 10.1. The van der Waals surface area contributed by atoms with Crippen molar-refractivity contribution in [3.63, 3.8) is 0 Å². The highest BCUT2D eigenvalue weighted by Gasteiger charge is 2.25. The van der Waals surface area contributed by atoms with Crippen LogP contribution in [0.15, 0.2) is 28.8 Å². The fourth-order valence-corrected chi connectivity index (χ4v) is 3.44. The van der Waals surface area contributed by atoms with Gasteiger partial charge in [0.05, 0.1) is 11.3 Å². The molecule has 1 aromatic heterocycles. The minimum absolute atomic E-state index is 0.0134. The van der Waals surface area contributed by atoms with E-state index in [1.54, 1.807) is 24.3 Å². The van der Waals surface area contributed by atoms with Crippen LogP contribution in [0.2, 0.25) is 0 Å². The van der Waals surface area contributed by atoms with Gasteiger partial charge in [0.25, 0.3) is 5.91 Å². The molecule has 3 rings (SSSR count). The predicted octanol–water partition coefficient (Wildman–Crippen LogP) is 3.25. The molecule has 1 aliphatic rings. The Bertz CT molecular complexity index is 830. The summed E-state index contributed by atoms with van der Waals surface area (Å²) in [7, 11) is 0. The van der Waals surface area contributed by atoms with Crippen molar-refractivity contribution in [1.29, 1.82) is 0 Å². The number of rotatable bonds is 6. The van der Waals surface area contributed by atoms with Gasteiger partial charge in [0.1, 0.15) is 18.1 Å². The van der Waals surface area contributed by atoms with E-state index in [-0.39, 0.29) is 23.8 Å². The van der Waals surface area contributed by atoms with E-state index < -0.39 is 0 Å². The second-order valence-corrected chi connectivity index (χ2v) is 7.84. The monoisotopic (exact) mass is 399 g/mol. The Hall–Kier alpha value is -2.83. The molecule has 1 aromatic carbocycles. The van der Waals surface area contributed by atoms with Crippen molar-refractivity contribution in [3.05, 3.63) is 46.8 Å². The molecule has 1 N–H and O–H groups in total. The standard InChI is InChI=1S/C22H29N3O4/c1-14(2)22(27)25-11-9-18(10-12-25)23-21(26)17-5-7-19(8-6-17)28-13-20-15(3)24-29-16(20)4/h5-8,14,18H,9-13H2,1-4H3,(H,23,26). The predicted molar refractivity (Wildman–Crippen MR) is 109 cm³/mol. The van der Waals surface area contributed by atoms with Crippen LogP contribution in [0.4, 0.5) is 0 Å². The Morgan fingerprint density at radius 2 is 1.86 bits per heavy atom. The summed E-state index contributed by atoms with van der Waals surface area (Å²) < 4.78 is 10.9. The van der Waals surface area contributed by atoms with Crippen molar-refractivity contribution in [1.82, 2.24) is 15.4 Å². The Morgan fingerprint density at radius 3 is 2.41 bits per heavy atom. The summed E-state index contributed by atoms with van der Waals surface area (Å²) in [4.78, 5) is 26.5. The summed E-state index contributed by atoms with van der Waals surface area (Å²) in [5, 5.41) is 6.99. The zero-order valence-electron chi connectivity index (χ0n) is 17.5. The van der Waals surface area contributed by atoms with Crippen LogP contribution < -0.4 is 10.1 Å². The number of aromatic nitrogens is 1. The molecule has 0 saturated carbocycles. The number of nitrogens with zero attached hydrogens (tertiary/aromatic N) is 2. The molecule has 29 heavy (non-hydrogen) atoms. The fraction of sp³-hybridized carbons (Fsp3) is 0.500. The first kappa shape index (κ1) is 20.9. The number of benzene rings is 1. The SMILES string of the molecule is Cc1noc(C)c1COc1ccc(C(=O)NC2CCN(C(=O)C(C)C)CC2)cc1. The molecule has 156 valence electrons. The van der Waals surface area contributed by atoms with Crippen molar-refractivity contribution >= 4 is 11.8 Å². The molecule has 7 heteroatoms. The molecule has 7 nitrogen and oxygen atoms in total. The molecule has 0 atom stereocenters. The average molecular weight is 399 g/mol. The van der Waals surface area contributed by atoms with Crippen LogP contribution in [0.3, 0.4) is 0 Å². The van der Waals surface area contributed by atoms with Crippen molar-refractivity contribution in [2.75, 3.05) is 13.1 Å². The number of carbonyl (C=O) groups excluding carboxylic acids is 2. The molecular formula is C22H29N3O4. The maximum absolute atomic E-state index is 12.5. The van der Waals surface area contributed by atoms with Gasteiger partial charge >= 0.3 is 0 Å². The first-order valence-electron chi connectivity index (χ1n) is 10.1. The van der Waals surface area contributed by atoms with Crippen molar-refractivity contribution in [2.45, 2.75) is 53.2 Å². The van der Waals surface area contributed by atoms with Crippen molar-refractivity contribution < 1.29 is 18.8 Å². The topological polar surface area (TPSA) is 84.7 Å². The van der Waals surface area contributed by atoms with Crippen LogP contribution in [-0.2, 0) is 11.4 Å². The maximum atomic E-state index is 12.5. The normalized spacial score (nSPS) is 14.9. The Morgan fingerprint density at radius 1 is 1.21 bits per heavy atom. The van der Waals surface area contributed by atoms with Gasteiger partial charge in [-0.1, -0.05) is 19.0 Å². The number of piperidine rings is 1. The lowest BCUT2D eigenvalue weighted by atomic mass is 10.0. The molecule has 1 aliphatic heterocycles. The minimum Gasteiger partial charge on any atom is -0.489 e. The number of amides is 2. The summed E-state index contributed by atoms with van der Waals surface area (Å²) in [6.07, 6.45) is 1.56. The third-order valence-electron chi connectivity index (χ3n) is 5.32. The molecule has 1 fully saturated rings. The van der Waals surface area contributed by atoms with Gasteiger partial charge in [-0.25, -0.2) is 0 Å². The minimum atomic E-state index is -0.101. The van der Waals surface area contributed by atoms with Crippen LogP contribution in [0.25, 0.3) is 0 Å². The fourth-order valence-electron chi connectivity index (χ4n) is 3.44. The second-order valence-electron chi connectivity index (χ2n) is 7.84. The number of ether oxygens (including phenoxy) is 1. The van der Waals surface area contributed by atoms with Crippen LogP contribution in [0.1, 0.15) is 54.1 Å². The molecule has 0 spiro atoms. The smallest absolute Gasteiger partial charge is 0.251 e. The Labute approximate surface area is 171 Å². The largest absolute Gasteiger partial charge is 0.489 e. The highest BCUT2D eigenvalue weighted by molar-refractivity contribution is 5.94. The van der Waals surface area contributed by atoms with Gasteiger partial charge in [-0.15, -0.1) is 0 Å². The number of likely N-dealkylation sites (tertiary alicyclic amines) is 1. The molecule has 0 unspecified atom stereocenters. The van der Waals surface area contributed by atoms with Gasteiger partial charge in [-0.3, -0.25) is 9.59 Å². The number of hydrogen-bond donors (Lipinski definition) is 1. The lowest BCUT2D eigenvalue weighted by Gasteiger charge is -2.33. The third-order valence-corrected chi connectivity index (χ3v) is 5.32. The Kier molecular flexibility index (Phi) is 6.56. The van der Waals surface area contributed by atoms with E-state index in [1.807, 2.05) is 32.6 Å². The van der Waals surface area contributed by atoms with E-state index in [0.717, 1.165) is 29.9 Å². The van der Waals surface area contributed by atoms with E-state index in [2.05, 4.69) is 10.5 Å². The number of aryl methyl sites for hydroxylation is 2. The van der Waals surface area contributed by atoms with E-state index in [4.69, 9.17) is 9.26 Å². The van der Waals surface area contributed by atoms with Crippen LogP contribution in [-0.4, -0.2) is 41.0 Å². The summed E-state index contributed by atoms with van der Waals surface area (Å²) in [6, 6.07) is 7.19. The molecule has 0 radical (unpaired) electrons. The van der Waals surface area contributed by atoms with E-state index in [9.17, 15) is 9.59 Å². The molecule has 2 aromatic rings. The summed E-state index contributed by atoms with van der Waals surface area (Å²) in [6.45, 7) is 9.32. The summed E-state index contributed by atoms with van der Waals surface area (Å²) in [5.41, 5.74) is 2.35. The van der Waals surface area contributed by atoms with Gasteiger partial charge < -0.3 is 19.5 Å². The van der Waals surface area contributed by atoms with Gasteiger partial charge in [0, 0.05) is 30.6 Å². The zero-order valence-corrected chi connectivity index (χ0v) is 17.5. The quantitative estimate of drug-likeness (QED) is 0.806. The molecule has 0 bridgehead atoms. The van der Waals surface area contributed by atoms with Crippen molar-refractivity contribution in [3.8, 4) is 5.75 Å². The van der Waals surface area contributed by atoms with Gasteiger partial charge in [0.15, 0.2) is 0 Å².